The fourth-order valence-corrected chi connectivity index (χ4v) is 3.39. The van der Waals surface area contributed by atoms with Gasteiger partial charge in [0.2, 0.25) is 5.60 Å². The molecule has 1 aromatic carbocycles. The average molecular weight is 394 g/mol. The number of aromatic nitrogens is 1. The number of hydrogen-bond acceptors (Lipinski definition) is 4. The normalized spacial score (nSPS) is 19.0. The van der Waals surface area contributed by atoms with Crippen LogP contribution in [0.4, 0.5) is 0 Å². The summed E-state index contributed by atoms with van der Waals surface area (Å²) in [5, 5.41) is 8.10. The Balaban J connectivity index is 1.86. The maximum Gasteiger partial charge on any atom is 0.267 e. The summed E-state index contributed by atoms with van der Waals surface area (Å²) < 4.78 is 0. The molecule has 6 heteroatoms. The molecular weight excluding hydrogens is 366 g/mol. The Morgan fingerprint density at radius 2 is 2.04 bits per heavy atom. The Morgan fingerprint density at radius 3 is 2.71 bits per heavy atom. The van der Waals surface area contributed by atoms with Gasteiger partial charge in [0.25, 0.3) is 5.91 Å². The zero-order chi connectivity index (χ0) is 20.5. The first-order valence-corrected chi connectivity index (χ1v) is 13.1. The number of nitrogens with zero attached hydrogens (tertiary/aromatic N) is 2. The lowest BCUT2D eigenvalue weighted by Crippen LogP contribution is -2.47. The van der Waals surface area contributed by atoms with Gasteiger partial charge in [-0.15, -0.1) is 5.54 Å². The van der Waals surface area contributed by atoms with Crippen molar-refractivity contribution in [1.82, 2.24) is 10.3 Å². The maximum atomic E-state index is 12.4. The van der Waals surface area contributed by atoms with Crippen molar-refractivity contribution in [1.29, 1.82) is 0 Å². The highest BCUT2D eigenvalue weighted by Crippen LogP contribution is 2.28. The summed E-state index contributed by atoms with van der Waals surface area (Å²) in [6, 6.07) is 8.08. The molecule has 1 aliphatic rings. The second-order valence-electron chi connectivity index (χ2n) is 8.80. The number of rotatable bonds is 3. The second-order valence-corrected chi connectivity index (χ2v) is 13.5. The summed E-state index contributed by atoms with van der Waals surface area (Å²) in [6.07, 6.45) is 2.25. The van der Waals surface area contributed by atoms with Gasteiger partial charge in [-0.2, -0.15) is 0 Å². The van der Waals surface area contributed by atoms with Crippen molar-refractivity contribution in [2.45, 2.75) is 58.5 Å². The number of carbonyl (C=O) groups excluding carboxylic acids is 1. The van der Waals surface area contributed by atoms with Crippen LogP contribution in [0.2, 0.25) is 19.6 Å². The van der Waals surface area contributed by atoms with Crippen molar-refractivity contribution in [2.24, 2.45) is 5.16 Å². The SMILES string of the molecule is CC(C)NC(=O)C1(C)CC(c2ccc3ncc(C#C[Si](C)(C)C)cc3c2)=NO1. The van der Waals surface area contributed by atoms with Gasteiger partial charge in [0.1, 0.15) is 8.07 Å². The molecule has 0 radical (unpaired) electrons. The summed E-state index contributed by atoms with van der Waals surface area (Å²) in [4.78, 5) is 22.5. The Labute approximate surface area is 167 Å². The van der Waals surface area contributed by atoms with Gasteiger partial charge in [0, 0.05) is 35.2 Å². The lowest BCUT2D eigenvalue weighted by Gasteiger charge is -2.21. The molecule has 0 saturated heterocycles. The lowest BCUT2D eigenvalue weighted by atomic mass is 9.94. The first-order valence-electron chi connectivity index (χ1n) is 9.55. The molecule has 2 aromatic rings. The zero-order valence-corrected chi connectivity index (χ0v) is 18.4. The van der Waals surface area contributed by atoms with Crippen molar-refractivity contribution >= 4 is 30.6 Å². The van der Waals surface area contributed by atoms with E-state index in [0.29, 0.717) is 6.42 Å². The van der Waals surface area contributed by atoms with Crippen molar-refractivity contribution in [3.05, 3.63) is 41.6 Å². The van der Waals surface area contributed by atoms with Crippen LogP contribution in [0.15, 0.2) is 35.6 Å². The lowest BCUT2D eigenvalue weighted by molar-refractivity contribution is -0.142. The molecule has 1 unspecified atom stereocenters. The van der Waals surface area contributed by atoms with Crippen LogP contribution in [-0.4, -0.2) is 36.3 Å². The molecule has 1 atom stereocenters. The molecule has 1 N–H and O–H groups in total. The predicted molar refractivity (Wildman–Crippen MR) is 116 cm³/mol. The molecular formula is C22H27N3O2Si. The maximum absolute atomic E-state index is 12.4. The first kappa shape index (κ1) is 20.1. The highest BCUT2D eigenvalue weighted by atomic mass is 28.3. The Hall–Kier alpha value is -2.65. The van der Waals surface area contributed by atoms with E-state index in [-0.39, 0.29) is 11.9 Å². The third kappa shape index (κ3) is 4.60. The number of benzene rings is 1. The van der Waals surface area contributed by atoms with Gasteiger partial charge in [-0.3, -0.25) is 9.78 Å². The fraction of sp³-hybridized carbons (Fsp3) is 0.409. The Kier molecular flexibility index (Phi) is 5.31. The zero-order valence-electron chi connectivity index (χ0n) is 17.4. The molecule has 0 fully saturated rings. The van der Waals surface area contributed by atoms with E-state index in [0.717, 1.165) is 27.7 Å². The van der Waals surface area contributed by atoms with Crippen LogP contribution in [0, 0.1) is 11.5 Å². The van der Waals surface area contributed by atoms with Gasteiger partial charge < -0.3 is 10.2 Å². The Bertz CT molecular complexity index is 1010. The number of nitrogens with one attached hydrogen (secondary N) is 1. The van der Waals surface area contributed by atoms with E-state index in [2.05, 4.69) is 52.6 Å². The summed E-state index contributed by atoms with van der Waals surface area (Å²) in [6.45, 7) is 12.3. The van der Waals surface area contributed by atoms with Crippen LogP contribution in [0.3, 0.4) is 0 Å². The quantitative estimate of drug-likeness (QED) is 0.636. The molecule has 5 nitrogen and oxygen atoms in total. The van der Waals surface area contributed by atoms with Crippen LogP contribution < -0.4 is 5.32 Å². The largest absolute Gasteiger partial charge is 0.379 e. The fourth-order valence-electron chi connectivity index (χ4n) is 2.87. The minimum atomic E-state index is -1.44. The number of hydrogen-bond donors (Lipinski definition) is 1. The van der Waals surface area contributed by atoms with E-state index >= 15 is 0 Å². The molecule has 0 spiro atoms. The van der Waals surface area contributed by atoms with Gasteiger partial charge in [-0.25, -0.2) is 0 Å². The highest BCUT2D eigenvalue weighted by Gasteiger charge is 2.42. The van der Waals surface area contributed by atoms with Crippen LogP contribution in [-0.2, 0) is 9.63 Å². The molecule has 1 aliphatic heterocycles. The monoisotopic (exact) mass is 393 g/mol. The summed E-state index contributed by atoms with van der Waals surface area (Å²) >= 11 is 0. The molecule has 0 bridgehead atoms. The van der Waals surface area contributed by atoms with Crippen molar-refractivity contribution in [3.8, 4) is 11.5 Å². The van der Waals surface area contributed by atoms with Gasteiger partial charge in [0.05, 0.1) is 11.2 Å². The van der Waals surface area contributed by atoms with Gasteiger partial charge in [0.15, 0.2) is 0 Å². The topological polar surface area (TPSA) is 63.6 Å². The average Bonchev–Trinajstić information content (AvgIpc) is 3.02. The minimum Gasteiger partial charge on any atom is -0.379 e. The summed E-state index contributed by atoms with van der Waals surface area (Å²) in [7, 11) is -1.44. The van der Waals surface area contributed by atoms with E-state index in [1.807, 2.05) is 38.2 Å². The third-order valence-electron chi connectivity index (χ3n) is 4.36. The first-order chi connectivity index (χ1) is 13.1. The van der Waals surface area contributed by atoms with Crippen LogP contribution in [0.25, 0.3) is 10.9 Å². The highest BCUT2D eigenvalue weighted by molar-refractivity contribution is 6.83. The Morgan fingerprint density at radius 1 is 1.29 bits per heavy atom. The van der Waals surface area contributed by atoms with Crippen LogP contribution in [0.1, 0.15) is 38.3 Å². The van der Waals surface area contributed by atoms with Crippen molar-refractivity contribution in [3.63, 3.8) is 0 Å². The molecule has 146 valence electrons. The number of pyridine rings is 1. The van der Waals surface area contributed by atoms with Crippen molar-refractivity contribution in [2.75, 3.05) is 0 Å². The predicted octanol–water partition coefficient (Wildman–Crippen LogP) is 3.87. The van der Waals surface area contributed by atoms with E-state index < -0.39 is 13.7 Å². The molecule has 28 heavy (non-hydrogen) atoms. The summed E-state index contributed by atoms with van der Waals surface area (Å²) in [5.41, 5.74) is 5.92. The van der Waals surface area contributed by atoms with E-state index in [1.54, 1.807) is 6.92 Å². The number of carbonyl (C=O) groups is 1. The summed E-state index contributed by atoms with van der Waals surface area (Å²) in [5.74, 6) is 3.11. The van der Waals surface area contributed by atoms with E-state index in [1.165, 1.54) is 0 Å². The molecule has 1 aromatic heterocycles. The molecule has 0 saturated carbocycles. The van der Waals surface area contributed by atoms with Gasteiger partial charge in [-0.1, -0.05) is 36.8 Å². The second kappa shape index (κ2) is 7.40. The third-order valence-corrected chi connectivity index (χ3v) is 5.23. The van der Waals surface area contributed by atoms with Gasteiger partial charge >= 0.3 is 0 Å². The van der Waals surface area contributed by atoms with Crippen molar-refractivity contribution < 1.29 is 9.63 Å². The molecule has 2 heterocycles. The smallest absolute Gasteiger partial charge is 0.267 e. The number of fused-ring (bicyclic) bond motifs is 1. The van der Waals surface area contributed by atoms with Crippen LogP contribution >= 0.6 is 0 Å². The molecule has 0 aliphatic carbocycles. The molecule has 1 amide bonds. The standard InChI is InChI=1S/C22H27N3O2Si/c1-15(2)24-21(26)22(3)13-20(25-27-22)17-7-8-19-18(12-17)11-16(14-23-19)9-10-28(4,5)6/h7-8,11-12,14-15H,13H2,1-6H3,(H,24,26). The molecule has 3 rings (SSSR count). The minimum absolute atomic E-state index is 0.0550. The van der Waals surface area contributed by atoms with E-state index in [9.17, 15) is 4.79 Å². The van der Waals surface area contributed by atoms with E-state index in [4.69, 9.17) is 4.84 Å². The number of oxime groups is 1. The van der Waals surface area contributed by atoms with Crippen LogP contribution in [0.5, 0.6) is 0 Å². The number of amides is 1. The van der Waals surface area contributed by atoms with Gasteiger partial charge in [-0.05, 0) is 39.0 Å².